The van der Waals surface area contributed by atoms with Gasteiger partial charge in [-0.1, -0.05) is 12.1 Å². The SMILES string of the molecule is C[CH-]N1CCc2nc(NC(=O)c3cccc(C4CCN(C(=O)Nc5ccc(C#N)cc5)C4)c3)sc2C1. The van der Waals surface area contributed by atoms with E-state index in [0.29, 0.717) is 35.0 Å². The highest BCUT2D eigenvalue weighted by molar-refractivity contribution is 7.15. The highest BCUT2D eigenvalue weighted by atomic mass is 32.1. The third kappa shape index (κ3) is 5.25. The number of nitrogens with one attached hydrogen (secondary N) is 2. The number of carbonyl (C=O) groups is 2. The van der Waals surface area contributed by atoms with Crippen molar-refractivity contribution in [3.05, 3.63) is 82.3 Å². The minimum atomic E-state index is -0.171. The van der Waals surface area contributed by atoms with Gasteiger partial charge in [-0.25, -0.2) is 9.78 Å². The number of carbonyl (C=O) groups excluding carboxylic acids is 2. The summed E-state index contributed by atoms with van der Waals surface area (Å²) in [5.74, 6) is -0.0109. The first-order chi connectivity index (χ1) is 17.5. The fourth-order valence-electron chi connectivity index (χ4n) is 4.64. The summed E-state index contributed by atoms with van der Waals surface area (Å²) >= 11 is 1.54. The predicted octanol–water partition coefficient (Wildman–Crippen LogP) is 4.83. The van der Waals surface area contributed by atoms with Gasteiger partial charge < -0.3 is 15.1 Å². The van der Waals surface area contributed by atoms with Crippen molar-refractivity contribution in [3.8, 4) is 6.07 Å². The normalized spacial score (nSPS) is 17.3. The summed E-state index contributed by atoms with van der Waals surface area (Å²) in [6, 6.07) is 16.4. The summed E-state index contributed by atoms with van der Waals surface area (Å²) in [5, 5.41) is 15.4. The van der Waals surface area contributed by atoms with E-state index in [4.69, 9.17) is 5.26 Å². The lowest BCUT2D eigenvalue weighted by molar-refractivity contribution is 0.102. The third-order valence-corrected chi connectivity index (χ3v) is 7.71. The van der Waals surface area contributed by atoms with Crippen molar-refractivity contribution in [3.63, 3.8) is 0 Å². The van der Waals surface area contributed by atoms with Crippen molar-refractivity contribution in [1.29, 1.82) is 5.26 Å². The first-order valence-electron chi connectivity index (χ1n) is 12.0. The molecule has 1 atom stereocenters. The molecule has 1 aromatic heterocycles. The Morgan fingerprint density at radius 1 is 1.17 bits per heavy atom. The Balaban J connectivity index is 1.20. The molecule has 2 aliphatic heterocycles. The molecule has 36 heavy (non-hydrogen) atoms. The van der Waals surface area contributed by atoms with Gasteiger partial charge >= 0.3 is 6.03 Å². The maximum Gasteiger partial charge on any atom is 0.321 e. The minimum absolute atomic E-state index is 0.160. The number of anilines is 2. The van der Waals surface area contributed by atoms with Crippen LogP contribution in [0.1, 0.15) is 51.3 Å². The number of likely N-dealkylation sites (tertiary alicyclic amines) is 1. The van der Waals surface area contributed by atoms with Gasteiger partial charge in [0.1, 0.15) is 0 Å². The maximum absolute atomic E-state index is 13.0. The standard InChI is InChI=1S/C27H27N6O2S/c1-2-32-12-11-23-24(17-32)36-26(30-23)31-25(34)20-5-3-4-19(14-20)21-10-13-33(16-21)27(35)29-22-8-6-18(15-28)7-9-22/h2-9,14,21H,10-13,16-17H2,1H3,(H,29,35)(H,30,31,34)/q-1. The average molecular weight is 500 g/mol. The van der Waals surface area contributed by atoms with Crippen molar-refractivity contribution >= 4 is 34.1 Å². The Bertz CT molecular complexity index is 1310. The molecular weight excluding hydrogens is 472 g/mol. The molecular formula is C27H27N6O2S-. The van der Waals surface area contributed by atoms with Crippen molar-refractivity contribution in [2.24, 2.45) is 0 Å². The fourth-order valence-corrected chi connectivity index (χ4v) is 5.67. The van der Waals surface area contributed by atoms with Crippen molar-refractivity contribution in [2.45, 2.75) is 32.2 Å². The number of nitrogens with zero attached hydrogens (tertiary/aromatic N) is 4. The van der Waals surface area contributed by atoms with Gasteiger partial charge in [0.2, 0.25) is 0 Å². The van der Waals surface area contributed by atoms with E-state index in [-0.39, 0.29) is 17.9 Å². The molecule has 0 saturated carbocycles. The highest BCUT2D eigenvalue weighted by Crippen LogP contribution is 2.30. The number of thiazole rings is 1. The maximum atomic E-state index is 13.0. The number of aromatic nitrogens is 1. The van der Waals surface area contributed by atoms with Gasteiger partial charge in [-0.2, -0.15) is 12.2 Å². The zero-order chi connectivity index (χ0) is 25.1. The third-order valence-electron chi connectivity index (χ3n) is 6.71. The van der Waals surface area contributed by atoms with Crippen LogP contribution in [0.4, 0.5) is 15.6 Å². The van der Waals surface area contributed by atoms with Gasteiger partial charge in [0, 0.05) is 48.1 Å². The van der Waals surface area contributed by atoms with E-state index in [1.807, 2.05) is 31.2 Å². The van der Waals surface area contributed by atoms with Crippen LogP contribution in [-0.4, -0.2) is 46.4 Å². The molecule has 8 nitrogen and oxygen atoms in total. The van der Waals surface area contributed by atoms with E-state index in [9.17, 15) is 9.59 Å². The lowest BCUT2D eigenvalue weighted by Gasteiger charge is -2.33. The molecule has 0 spiro atoms. The zero-order valence-corrected chi connectivity index (χ0v) is 20.8. The van der Waals surface area contributed by atoms with Crippen LogP contribution in [0.5, 0.6) is 0 Å². The molecule has 1 saturated heterocycles. The molecule has 3 aromatic rings. The average Bonchev–Trinajstić information content (AvgIpc) is 3.56. The molecule has 3 heterocycles. The summed E-state index contributed by atoms with van der Waals surface area (Å²) in [6.45, 7) is 7.13. The monoisotopic (exact) mass is 499 g/mol. The summed E-state index contributed by atoms with van der Waals surface area (Å²) in [7, 11) is 0. The summed E-state index contributed by atoms with van der Waals surface area (Å²) in [4.78, 5) is 35.6. The largest absolute Gasteiger partial charge is 0.452 e. The van der Waals surface area contributed by atoms with E-state index in [0.717, 1.165) is 37.2 Å². The molecule has 184 valence electrons. The second kappa shape index (κ2) is 10.5. The molecule has 3 amide bonds. The number of hydrogen-bond donors (Lipinski definition) is 2. The van der Waals surface area contributed by atoms with Crippen molar-refractivity contribution < 1.29 is 9.59 Å². The van der Waals surface area contributed by atoms with Gasteiger partial charge in [-0.3, -0.25) is 16.7 Å². The van der Waals surface area contributed by atoms with Crippen LogP contribution in [0.3, 0.4) is 0 Å². The van der Waals surface area contributed by atoms with E-state index < -0.39 is 0 Å². The number of amides is 3. The van der Waals surface area contributed by atoms with Crippen LogP contribution in [-0.2, 0) is 13.0 Å². The summed E-state index contributed by atoms with van der Waals surface area (Å²) < 4.78 is 0. The Morgan fingerprint density at radius 3 is 2.78 bits per heavy atom. The van der Waals surface area contributed by atoms with Gasteiger partial charge in [0.15, 0.2) is 5.13 Å². The summed E-state index contributed by atoms with van der Waals surface area (Å²) in [6.07, 6.45) is 1.72. The smallest absolute Gasteiger partial charge is 0.321 e. The number of rotatable bonds is 5. The van der Waals surface area contributed by atoms with E-state index in [1.165, 1.54) is 4.88 Å². The second-order valence-corrected chi connectivity index (χ2v) is 10.1. The van der Waals surface area contributed by atoms with Crippen LogP contribution in [0, 0.1) is 17.9 Å². The van der Waals surface area contributed by atoms with Crippen molar-refractivity contribution in [2.75, 3.05) is 30.3 Å². The van der Waals surface area contributed by atoms with Crippen LogP contribution in [0.15, 0.2) is 48.5 Å². The molecule has 9 heteroatoms. The summed E-state index contributed by atoms with van der Waals surface area (Å²) in [5.41, 5.74) is 3.92. The topological polar surface area (TPSA) is 101 Å². The van der Waals surface area contributed by atoms with E-state index in [1.54, 1.807) is 40.5 Å². The van der Waals surface area contributed by atoms with Crippen LogP contribution < -0.4 is 10.6 Å². The van der Waals surface area contributed by atoms with Gasteiger partial charge in [0.05, 0.1) is 17.3 Å². The first-order valence-corrected chi connectivity index (χ1v) is 12.8. The van der Waals surface area contributed by atoms with Crippen LogP contribution in [0.2, 0.25) is 0 Å². The lowest BCUT2D eigenvalue weighted by Crippen LogP contribution is -2.32. The van der Waals surface area contributed by atoms with Crippen molar-refractivity contribution in [1.82, 2.24) is 14.8 Å². The van der Waals surface area contributed by atoms with E-state index in [2.05, 4.69) is 33.1 Å². The minimum Gasteiger partial charge on any atom is -0.452 e. The number of nitriles is 1. The molecule has 1 unspecified atom stereocenters. The molecule has 0 bridgehead atoms. The molecule has 0 radical (unpaired) electrons. The fraction of sp³-hybridized carbons (Fsp3) is 0.296. The molecule has 2 aromatic carbocycles. The van der Waals surface area contributed by atoms with Gasteiger partial charge in [-0.15, -0.1) is 11.3 Å². The second-order valence-electron chi connectivity index (χ2n) is 9.00. The number of fused-ring (bicyclic) bond motifs is 1. The number of urea groups is 1. The highest BCUT2D eigenvalue weighted by Gasteiger charge is 2.28. The lowest BCUT2D eigenvalue weighted by atomic mass is 9.96. The van der Waals surface area contributed by atoms with Gasteiger partial charge in [0.25, 0.3) is 5.91 Å². The zero-order valence-electron chi connectivity index (χ0n) is 20.0. The molecule has 2 aliphatic rings. The predicted molar refractivity (Wildman–Crippen MR) is 140 cm³/mol. The van der Waals surface area contributed by atoms with Gasteiger partial charge in [-0.05, 0) is 54.9 Å². The Morgan fingerprint density at radius 2 is 2.00 bits per heavy atom. The molecule has 5 rings (SSSR count). The quantitative estimate of drug-likeness (QED) is 0.490. The van der Waals surface area contributed by atoms with Crippen LogP contribution >= 0.6 is 11.3 Å². The Labute approximate surface area is 214 Å². The number of hydrogen-bond acceptors (Lipinski definition) is 6. The molecule has 0 aliphatic carbocycles. The Hall–Kier alpha value is -3.74. The van der Waals surface area contributed by atoms with Crippen LogP contribution in [0.25, 0.3) is 0 Å². The first kappa shape index (κ1) is 24.0. The number of benzene rings is 2. The van der Waals surface area contributed by atoms with E-state index >= 15 is 0 Å². The molecule has 2 N–H and O–H groups in total. The molecule has 1 fully saturated rings. The Kier molecular flexibility index (Phi) is 6.98.